The van der Waals surface area contributed by atoms with Crippen LogP contribution in [0.5, 0.6) is 0 Å². The van der Waals surface area contributed by atoms with Gasteiger partial charge in [-0.2, -0.15) is 0 Å². The second-order valence-electron chi connectivity index (χ2n) is 4.91. The van der Waals surface area contributed by atoms with Gasteiger partial charge >= 0.3 is 0 Å². The lowest BCUT2D eigenvalue weighted by Crippen LogP contribution is -2.26. The number of fused-ring (bicyclic) bond motifs is 1. The molecular weight excluding hydrogens is 330 g/mol. The number of carbonyl (C=O) groups excluding carboxylic acids is 1. The lowest BCUT2D eigenvalue weighted by atomic mass is 10.0. The van der Waals surface area contributed by atoms with Gasteiger partial charge in [0.1, 0.15) is 0 Å². The summed E-state index contributed by atoms with van der Waals surface area (Å²) in [4.78, 5) is 12.1. The molecule has 0 saturated heterocycles. The zero-order valence-corrected chi connectivity index (χ0v) is 13.1. The maximum atomic E-state index is 12.1. The molecule has 1 atom stereocenters. The molecular formula is C17H14BrNO2. The van der Waals surface area contributed by atoms with Crippen molar-refractivity contribution < 1.29 is 9.21 Å². The largest absolute Gasteiger partial charge is 0.444 e. The number of carbonyl (C=O) groups is 1. The van der Waals surface area contributed by atoms with E-state index >= 15 is 0 Å². The summed E-state index contributed by atoms with van der Waals surface area (Å²) >= 11 is 3.19. The Balaban J connectivity index is 1.80. The Morgan fingerprint density at radius 2 is 1.86 bits per heavy atom. The highest BCUT2D eigenvalue weighted by molar-refractivity contribution is 9.10. The molecule has 3 rings (SSSR count). The van der Waals surface area contributed by atoms with E-state index in [0.29, 0.717) is 10.4 Å². The van der Waals surface area contributed by atoms with Crippen molar-refractivity contribution in [2.45, 2.75) is 13.0 Å². The van der Waals surface area contributed by atoms with E-state index in [-0.39, 0.29) is 11.9 Å². The molecule has 1 heterocycles. The SMILES string of the molecule is C[C@H](NC(=O)c1ccc(Br)o1)c1ccc2ccccc2c1. The predicted molar refractivity (Wildman–Crippen MR) is 86.2 cm³/mol. The third-order valence-corrected chi connectivity index (χ3v) is 3.84. The Hall–Kier alpha value is -2.07. The Labute approximate surface area is 131 Å². The van der Waals surface area contributed by atoms with E-state index in [2.05, 4.69) is 45.5 Å². The van der Waals surface area contributed by atoms with Crippen molar-refractivity contribution in [3.63, 3.8) is 0 Å². The summed E-state index contributed by atoms with van der Waals surface area (Å²) < 4.78 is 5.80. The van der Waals surface area contributed by atoms with Crippen molar-refractivity contribution in [2.75, 3.05) is 0 Å². The Kier molecular flexibility index (Phi) is 3.80. The molecule has 3 aromatic rings. The van der Waals surface area contributed by atoms with Gasteiger partial charge in [-0.15, -0.1) is 0 Å². The first-order chi connectivity index (χ1) is 10.1. The number of rotatable bonds is 3. The summed E-state index contributed by atoms with van der Waals surface area (Å²) in [5.74, 6) is 0.0795. The molecule has 106 valence electrons. The number of amides is 1. The number of halogens is 1. The minimum atomic E-state index is -0.221. The van der Waals surface area contributed by atoms with Crippen molar-refractivity contribution in [1.29, 1.82) is 0 Å². The fourth-order valence-corrected chi connectivity index (χ4v) is 2.57. The highest BCUT2D eigenvalue weighted by Crippen LogP contribution is 2.21. The summed E-state index contributed by atoms with van der Waals surface area (Å²) in [6.45, 7) is 1.96. The van der Waals surface area contributed by atoms with Gasteiger partial charge in [-0.05, 0) is 57.4 Å². The molecule has 0 unspecified atom stereocenters. The van der Waals surface area contributed by atoms with E-state index in [9.17, 15) is 4.79 Å². The minimum absolute atomic E-state index is 0.0917. The maximum absolute atomic E-state index is 12.1. The van der Waals surface area contributed by atoms with Crippen LogP contribution in [0.1, 0.15) is 29.1 Å². The first-order valence-corrected chi connectivity index (χ1v) is 7.48. The van der Waals surface area contributed by atoms with E-state index < -0.39 is 0 Å². The highest BCUT2D eigenvalue weighted by atomic mass is 79.9. The summed E-state index contributed by atoms with van der Waals surface area (Å²) in [5, 5.41) is 5.29. The van der Waals surface area contributed by atoms with Gasteiger partial charge in [0, 0.05) is 0 Å². The van der Waals surface area contributed by atoms with Crippen molar-refractivity contribution in [3.05, 3.63) is 70.6 Å². The predicted octanol–water partition coefficient (Wildman–Crippen LogP) is 4.69. The molecule has 0 radical (unpaired) electrons. The van der Waals surface area contributed by atoms with Crippen LogP contribution in [-0.4, -0.2) is 5.91 Å². The molecule has 0 fully saturated rings. The van der Waals surface area contributed by atoms with Crippen LogP contribution in [0.25, 0.3) is 10.8 Å². The third kappa shape index (κ3) is 3.00. The van der Waals surface area contributed by atoms with E-state index in [4.69, 9.17) is 4.42 Å². The Morgan fingerprint density at radius 1 is 1.10 bits per heavy atom. The van der Waals surface area contributed by atoms with Gasteiger partial charge in [0.05, 0.1) is 6.04 Å². The first kappa shape index (κ1) is 13.9. The van der Waals surface area contributed by atoms with Crippen LogP contribution in [0.3, 0.4) is 0 Å². The molecule has 0 bridgehead atoms. The van der Waals surface area contributed by atoms with Crippen molar-refractivity contribution in [1.82, 2.24) is 5.32 Å². The van der Waals surface area contributed by atoms with Crippen LogP contribution in [-0.2, 0) is 0 Å². The molecule has 4 heteroatoms. The number of hydrogen-bond acceptors (Lipinski definition) is 2. The van der Waals surface area contributed by atoms with Gasteiger partial charge in [0.25, 0.3) is 5.91 Å². The maximum Gasteiger partial charge on any atom is 0.287 e. The van der Waals surface area contributed by atoms with E-state index in [0.717, 1.165) is 10.9 Å². The summed E-state index contributed by atoms with van der Waals surface area (Å²) in [7, 11) is 0. The van der Waals surface area contributed by atoms with Crippen LogP contribution in [0.2, 0.25) is 0 Å². The normalized spacial score (nSPS) is 12.3. The fraction of sp³-hybridized carbons (Fsp3) is 0.118. The molecule has 0 saturated carbocycles. The molecule has 0 spiro atoms. The first-order valence-electron chi connectivity index (χ1n) is 6.68. The third-order valence-electron chi connectivity index (χ3n) is 3.42. The molecule has 2 aromatic carbocycles. The molecule has 1 N–H and O–H groups in total. The Morgan fingerprint density at radius 3 is 2.57 bits per heavy atom. The molecule has 3 nitrogen and oxygen atoms in total. The molecule has 0 aliphatic heterocycles. The molecule has 0 aliphatic rings. The zero-order valence-electron chi connectivity index (χ0n) is 11.5. The average molecular weight is 344 g/mol. The zero-order chi connectivity index (χ0) is 14.8. The smallest absolute Gasteiger partial charge is 0.287 e. The van der Waals surface area contributed by atoms with Crippen LogP contribution in [0.4, 0.5) is 0 Å². The standard InChI is InChI=1S/C17H14BrNO2/c1-11(19-17(20)15-8-9-16(18)21-15)13-7-6-12-4-2-3-5-14(12)10-13/h2-11H,1H3,(H,19,20)/t11-/m0/s1. The van der Waals surface area contributed by atoms with Crippen molar-refractivity contribution in [3.8, 4) is 0 Å². The van der Waals surface area contributed by atoms with Gasteiger partial charge < -0.3 is 9.73 Å². The summed E-state index contributed by atoms with van der Waals surface area (Å²) in [6, 6.07) is 17.6. The lowest BCUT2D eigenvalue weighted by molar-refractivity contribution is 0.0910. The van der Waals surface area contributed by atoms with E-state index in [1.165, 1.54) is 5.39 Å². The monoisotopic (exact) mass is 343 g/mol. The fourth-order valence-electron chi connectivity index (χ4n) is 2.26. The summed E-state index contributed by atoms with van der Waals surface area (Å²) in [5.41, 5.74) is 1.06. The van der Waals surface area contributed by atoms with Gasteiger partial charge in [-0.3, -0.25) is 4.79 Å². The second kappa shape index (κ2) is 5.74. The van der Waals surface area contributed by atoms with E-state index in [1.54, 1.807) is 12.1 Å². The van der Waals surface area contributed by atoms with Crippen molar-refractivity contribution >= 4 is 32.6 Å². The molecule has 1 amide bonds. The van der Waals surface area contributed by atoms with Crippen LogP contribution in [0, 0.1) is 0 Å². The average Bonchev–Trinajstić information content (AvgIpc) is 2.93. The van der Waals surface area contributed by atoms with E-state index in [1.807, 2.05) is 25.1 Å². The Bertz CT molecular complexity index is 794. The van der Waals surface area contributed by atoms with Crippen LogP contribution < -0.4 is 5.32 Å². The lowest BCUT2D eigenvalue weighted by Gasteiger charge is -2.14. The van der Waals surface area contributed by atoms with Crippen LogP contribution >= 0.6 is 15.9 Å². The minimum Gasteiger partial charge on any atom is -0.444 e. The number of nitrogens with one attached hydrogen (secondary N) is 1. The molecule has 1 aromatic heterocycles. The van der Waals surface area contributed by atoms with Gasteiger partial charge in [-0.25, -0.2) is 0 Å². The van der Waals surface area contributed by atoms with Crippen LogP contribution in [0.15, 0.2) is 63.7 Å². The summed E-state index contributed by atoms with van der Waals surface area (Å²) in [6.07, 6.45) is 0. The quantitative estimate of drug-likeness (QED) is 0.749. The number of benzene rings is 2. The van der Waals surface area contributed by atoms with Gasteiger partial charge in [0.2, 0.25) is 0 Å². The second-order valence-corrected chi connectivity index (χ2v) is 5.69. The van der Waals surface area contributed by atoms with Gasteiger partial charge in [0.15, 0.2) is 10.4 Å². The topological polar surface area (TPSA) is 42.2 Å². The van der Waals surface area contributed by atoms with Crippen molar-refractivity contribution in [2.24, 2.45) is 0 Å². The highest BCUT2D eigenvalue weighted by Gasteiger charge is 2.14. The molecule has 21 heavy (non-hydrogen) atoms. The number of hydrogen-bond donors (Lipinski definition) is 1. The van der Waals surface area contributed by atoms with Gasteiger partial charge in [-0.1, -0.05) is 36.4 Å². The molecule has 0 aliphatic carbocycles. The number of furan rings is 1.